The molecule has 0 amide bonds. The summed E-state index contributed by atoms with van der Waals surface area (Å²) in [6.07, 6.45) is 6.59. The summed E-state index contributed by atoms with van der Waals surface area (Å²) in [5, 5.41) is 9.46. The summed E-state index contributed by atoms with van der Waals surface area (Å²) in [5.41, 5.74) is 0.707. The number of hydrogen-bond acceptors (Lipinski definition) is 3. The highest BCUT2D eigenvalue weighted by Crippen LogP contribution is 2.30. The molecule has 2 unspecified atom stereocenters. The lowest BCUT2D eigenvalue weighted by Crippen LogP contribution is -2.28. The van der Waals surface area contributed by atoms with E-state index in [0.717, 1.165) is 6.42 Å². The van der Waals surface area contributed by atoms with Crippen LogP contribution in [-0.2, 0) is 6.61 Å². The maximum atomic E-state index is 8.98. The summed E-state index contributed by atoms with van der Waals surface area (Å²) in [5.74, 6) is 1.04. The third-order valence-corrected chi connectivity index (χ3v) is 3.61. The third-order valence-electron chi connectivity index (χ3n) is 3.34. The lowest BCUT2D eigenvalue weighted by atomic mass is 9.88. The smallest absolute Gasteiger partial charge is 0.232 e. The zero-order valence-corrected chi connectivity index (χ0v) is 10.8. The van der Waals surface area contributed by atoms with Crippen molar-refractivity contribution in [1.82, 2.24) is 4.98 Å². The molecule has 1 saturated carbocycles. The van der Waals surface area contributed by atoms with Crippen LogP contribution in [-0.4, -0.2) is 16.2 Å². The Bertz CT molecular complexity index is 384. The first kappa shape index (κ1) is 12.7. The lowest BCUT2D eigenvalue weighted by molar-refractivity contribution is 0.0976. The van der Waals surface area contributed by atoms with Crippen LogP contribution in [0.4, 0.5) is 0 Å². The van der Waals surface area contributed by atoms with E-state index in [-0.39, 0.29) is 12.7 Å². The third kappa shape index (κ3) is 3.11. The molecule has 2 atom stereocenters. The Labute approximate surface area is 107 Å². The maximum Gasteiger partial charge on any atom is 0.232 e. The fourth-order valence-corrected chi connectivity index (χ4v) is 2.47. The van der Waals surface area contributed by atoms with E-state index in [4.69, 9.17) is 21.4 Å². The number of nitrogens with zero attached hydrogens (tertiary/aromatic N) is 1. The van der Waals surface area contributed by atoms with Gasteiger partial charge >= 0.3 is 0 Å². The van der Waals surface area contributed by atoms with Crippen LogP contribution >= 0.6 is 11.6 Å². The minimum atomic E-state index is -0.0488. The van der Waals surface area contributed by atoms with Gasteiger partial charge in [-0.2, -0.15) is 0 Å². The SMILES string of the molecule is CC1CCCCC1Oc1ncc(CO)cc1Cl. The van der Waals surface area contributed by atoms with Crippen molar-refractivity contribution in [3.8, 4) is 5.88 Å². The van der Waals surface area contributed by atoms with Gasteiger partial charge in [0.25, 0.3) is 0 Å². The van der Waals surface area contributed by atoms with E-state index < -0.39 is 0 Å². The Kier molecular flexibility index (Phi) is 4.24. The predicted octanol–water partition coefficient (Wildman–Crippen LogP) is 3.18. The summed E-state index contributed by atoms with van der Waals surface area (Å²) in [6.45, 7) is 2.16. The Balaban J connectivity index is 2.07. The monoisotopic (exact) mass is 255 g/mol. The summed E-state index contributed by atoms with van der Waals surface area (Å²) in [4.78, 5) is 4.16. The van der Waals surface area contributed by atoms with Crippen LogP contribution < -0.4 is 4.74 Å². The molecule has 4 heteroatoms. The second-order valence-corrected chi connectivity index (χ2v) is 5.11. The standard InChI is InChI=1S/C13H18ClNO2/c1-9-4-2-3-5-12(9)17-13-11(14)6-10(8-16)7-15-13/h6-7,9,12,16H,2-5,8H2,1H3. The molecule has 1 fully saturated rings. The van der Waals surface area contributed by atoms with Gasteiger partial charge in [0.05, 0.1) is 6.61 Å². The van der Waals surface area contributed by atoms with E-state index in [0.29, 0.717) is 22.4 Å². The summed E-state index contributed by atoms with van der Waals surface area (Å²) in [7, 11) is 0. The molecular formula is C13H18ClNO2. The lowest BCUT2D eigenvalue weighted by Gasteiger charge is -2.29. The number of pyridine rings is 1. The number of aliphatic hydroxyl groups is 1. The molecule has 0 radical (unpaired) electrons. The Hall–Kier alpha value is -0.800. The number of aromatic nitrogens is 1. The molecule has 1 aromatic heterocycles. The summed E-state index contributed by atoms with van der Waals surface area (Å²) < 4.78 is 5.87. The zero-order chi connectivity index (χ0) is 12.3. The van der Waals surface area contributed by atoms with Crippen LogP contribution in [0.2, 0.25) is 5.02 Å². The quantitative estimate of drug-likeness (QED) is 0.902. The van der Waals surface area contributed by atoms with Gasteiger partial charge in [0.15, 0.2) is 0 Å². The Morgan fingerprint density at radius 3 is 2.88 bits per heavy atom. The van der Waals surface area contributed by atoms with Gasteiger partial charge in [0.2, 0.25) is 5.88 Å². The molecule has 0 aliphatic heterocycles. The highest BCUT2D eigenvalue weighted by molar-refractivity contribution is 6.31. The molecule has 3 nitrogen and oxygen atoms in total. The number of hydrogen-bond donors (Lipinski definition) is 1. The predicted molar refractivity (Wildman–Crippen MR) is 67.2 cm³/mol. The second-order valence-electron chi connectivity index (χ2n) is 4.71. The Morgan fingerprint density at radius 2 is 2.24 bits per heavy atom. The topological polar surface area (TPSA) is 42.4 Å². The fraction of sp³-hybridized carbons (Fsp3) is 0.615. The summed E-state index contributed by atoms with van der Waals surface area (Å²) in [6, 6.07) is 1.71. The van der Waals surface area contributed by atoms with Gasteiger partial charge in [-0.1, -0.05) is 24.9 Å². The zero-order valence-electron chi connectivity index (χ0n) is 10.0. The molecule has 1 heterocycles. The van der Waals surface area contributed by atoms with Gasteiger partial charge < -0.3 is 9.84 Å². The second kappa shape index (κ2) is 5.69. The van der Waals surface area contributed by atoms with E-state index in [1.54, 1.807) is 12.3 Å². The van der Waals surface area contributed by atoms with Crippen molar-refractivity contribution in [2.75, 3.05) is 0 Å². The summed E-state index contributed by atoms with van der Waals surface area (Å²) >= 11 is 6.08. The number of ether oxygens (including phenoxy) is 1. The van der Waals surface area contributed by atoms with E-state index in [1.165, 1.54) is 19.3 Å². The van der Waals surface area contributed by atoms with Crippen LogP contribution in [0.1, 0.15) is 38.2 Å². The van der Waals surface area contributed by atoms with Crippen LogP contribution in [0.15, 0.2) is 12.3 Å². The van der Waals surface area contributed by atoms with Crippen molar-refractivity contribution in [3.05, 3.63) is 22.8 Å². The van der Waals surface area contributed by atoms with Gasteiger partial charge in [-0.15, -0.1) is 0 Å². The molecule has 94 valence electrons. The van der Waals surface area contributed by atoms with Crippen LogP contribution in [0, 0.1) is 5.92 Å². The fourth-order valence-electron chi connectivity index (χ4n) is 2.24. The molecule has 0 bridgehead atoms. The van der Waals surface area contributed by atoms with Crippen molar-refractivity contribution < 1.29 is 9.84 Å². The first-order valence-corrected chi connectivity index (χ1v) is 6.50. The van der Waals surface area contributed by atoms with Crippen molar-refractivity contribution >= 4 is 11.6 Å². The molecule has 0 saturated heterocycles. The number of aliphatic hydroxyl groups excluding tert-OH is 1. The minimum absolute atomic E-state index is 0.0488. The van der Waals surface area contributed by atoms with E-state index in [1.807, 2.05) is 0 Å². The molecule has 0 aromatic carbocycles. The molecule has 17 heavy (non-hydrogen) atoms. The minimum Gasteiger partial charge on any atom is -0.473 e. The van der Waals surface area contributed by atoms with E-state index in [9.17, 15) is 0 Å². The molecule has 1 N–H and O–H groups in total. The number of rotatable bonds is 3. The largest absolute Gasteiger partial charge is 0.473 e. The van der Waals surface area contributed by atoms with E-state index in [2.05, 4.69) is 11.9 Å². The van der Waals surface area contributed by atoms with Gasteiger partial charge in [0.1, 0.15) is 11.1 Å². The van der Waals surface area contributed by atoms with Crippen LogP contribution in [0.25, 0.3) is 0 Å². The number of halogens is 1. The Morgan fingerprint density at radius 1 is 1.47 bits per heavy atom. The van der Waals surface area contributed by atoms with Gasteiger partial charge in [-0.05, 0) is 36.8 Å². The molecule has 2 rings (SSSR count). The molecule has 1 aliphatic rings. The first-order valence-electron chi connectivity index (χ1n) is 6.12. The highest BCUT2D eigenvalue weighted by Gasteiger charge is 2.24. The normalized spacial score (nSPS) is 24.6. The van der Waals surface area contributed by atoms with E-state index >= 15 is 0 Å². The average molecular weight is 256 g/mol. The van der Waals surface area contributed by atoms with Crippen molar-refractivity contribution in [2.45, 2.75) is 45.3 Å². The first-order chi connectivity index (χ1) is 8.20. The van der Waals surface area contributed by atoms with Crippen LogP contribution in [0.3, 0.4) is 0 Å². The van der Waals surface area contributed by atoms with Gasteiger partial charge in [-0.25, -0.2) is 4.98 Å². The van der Waals surface area contributed by atoms with Crippen molar-refractivity contribution in [3.63, 3.8) is 0 Å². The van der Waals surface area contributed by atoms with Crippen molar-refractivity contribution in [1.29, 1.82) is 0 Å². The highest BCUT2D eigenvalue weighted by atomic mass is 35.5. The molecule has 0 spiro atoms. The molecular weight excluding hydrogens is 238 g/mol. The van der Waals surface area contributed by atoms with Gasteiger partial charge in [0, 0.05) is 6.20 Å². The maximum absolute atomic E-state index is 8.98. The van der Waals surface area contributed by atoms with Gasteiger partial charge in [-0.3, -0.25) is 0 Å². The van der Waals surface area contributed by atoms with Crippen molar-refractivity contribution in [2.24, 2.45) is 5.92 Å². The molecule has 1 aromatic rings. The molecule has 1 aliphatic carbocycles. The average Bonchev–Trinajstić information content (AvgIpc) is 2.34. The van der Waals surface area contributed by atoms with Crippen LogP contribution in [0.5, 0.6) is 5.88 Å².